The second-order valence-electron chi connectivity index (χ2n) is 6.23. The average molecular weight is 351 g/mol. The van der Waals surface area contributed by atoms with Gasteiger partial charge in [0, 0.05) is 28.3 Å². The highest BCUT2D eigenvalue weighted by Gasteiger charge is 2.33. The molecule has 1 aliphatic rings. The van der Waals surface area contributed by atoms with Crippen LogP contribution in [0.5, 0.6) is 0 Å². The number of benzene rings is 2. The van der Waals surface area contributed by atoms with Gasteiger partial charge in [-0.25, -0.2) is 4.79 Å². The van der Waals surface area contributed by atoms with E-state index in [4.69, 9.17) is 4.74 Å². The Morgan fingerprint density at radius 1 is 0.923 bits per heavy atom. The number of carbonyl (C=O) groups is 4. The third-order valence-corrected chi connectivity index (χ3v) is 3.96. The van der Waals surface area contributed by atoms with Crippen LogP contribution in [0.1, 0.15) is 56.0 Å². The summed E-state index contributed by atoms with van der Waals surface area (Å²) < 4.78 is 5.01. The Kier molecular flexibility index (Phi) is 4.67. The van der Waals surface area contributed by atoms with Gasteiger partial charge < -0.3 is 10.1 Å². The third-order valence-electron chi connectivity index (χ3n) is 3.96. The Hall–Kier alpha value is -3.28. The predicted octanol–water partition coefficient (Wildman–Crippen LogP) is 2.14. The lowest BCUT2D eigenvalue weighted by Crippen LogP contribution is -2.34. The Morgan fingerprint density at radius 2 is 1.54 bits per heavy atom. The number of hydrogen-bond donors (Lipinski definition) is 1. The Labute approximate surface area is 150 Å². The van der Waals surface area contributed by atoms with Crippen LogP contribution in [0.2, 0.25) is 0 Å². The summed E-state index contributed by atoms with van der Waals surface area (Å²) in [6, 6.07) is 10.8. The number of carbonyl (C=O) groups excluding carboxylic acids is 4. The number of ether oxygens (including phenoxy) is 1. The molecular formula is C20H17NO5. The number of ketones is 2. The molecule has 1 N–H and O–H groups in total. The zero-order chi connectivity index (χ0) is 18.8. The molecule has 26 heavy (non-hydrogen) atoms. The van der Waals surface area contributed by atoms with Gasteiger partial charge in [0.05, 0.1) is 5.56 Å². The van der Waals surface area contributed by atoms with Crippen molar-refractivity contribution in [2.75, 3.05) is 6.61 Å². The summed E-state index contributed by atoms with van der Waals surface area (Å²) in [5.74, 6) is -1.98. The summed E-state index contributed by atoms with van der Waals surface area (Å²) in [4.78, 5) is 49.5. The molecule has 0 bridgehead atoms. The zero-order valence-electron chi connectivity index (χ0n) is 14.4. The summed E-state index contributed by atoms with van der Waals surface area (Å²) >= 11 is 0. The maximum Gasteiger partial charge on any atom is 0.339 e. The summed E-state index contributed by atoms with van der Waals surface area (Å²) in [6.07, 6.45) is 0. The van der Waals surface area contributed by atoms with Gasteiger partial charge in [0.1, 0.15) is 0 Å². The van der Waals surface area contributed by atoms with Crippen molar-refractivity contribution in [3.05, 3.63) is 70.3 Å². The van der Waals surface area contributed by atoms with E-state index in [1.165, 1.54) is 18.2 Å². The summed E-state index contributed by atoms with van der Waals surface area (Å²) in [6.45, 7) is 3.11. The van der Waals surface area contributed by atoms with Gasteiger partial charge in [0.2, 0.25) is 0 Å². The monoisotopic (exact) mass is 351 g/mol. The van der Waals surface area contributed by atoms with E-state index in [2.05, 4.69) is 5.32 Å². The number of esters is 1. The number of fused-ring (bicyclic) bond motifs is 2. The van der Waals surface area contributed by atoms with Gasteiger partial charge in [-0.1, -0.05) is 36.4 Å². The predicted molar refractivity (Wildman–Crippen MR) is 93.3 cm³/mol. The largest absolute Gasteiger partial charge is 0.452 e. The second kappa shape index (κ2) is 6.92. The molecule has 2 aromatic rings. The standard InChI is InChI=1S/C20H17NO5/c1-11(2)21-16(22)10-26-20(25)15-9-5-8-14-17(15)19(24)13-7-4-3-6-12(13)18(14)23/h3-9,11H,10H2,1-2H3,(H,21,22). The van der Waals surface area contributed by atoms with Crippen LogP contribution in [0.15, 0.2) is 42.5 Å². The van der Waals surface area contributed by atoms with Crippen LogP contribution >= 0.6 is 0 Å². The third kappa shape index (κ3) is 3.13. The number of amides is 1. The smallest absolute Gasteiger partial charge is 0.339 e. The highest BCUT2D eigenvalue weighted by atomic mass is 16.5. The molecular weight excluding hydrogens is 334 g/mol. The minimum atomic E-state index is -0.818. The lowest BCUT2D eigenvalue weighted by atomic mass is 9.82. The van der Waals surface area contributed by atoms with Crippen molar-refractivity contribution < 1.29 is 23.9 Å². The SMILES string of the molecule is CC(C)NC(=O)COC(=O)c1cccc2c1C(=O)c1ccccc1C2=O. The van der Waals surface area contributed by atoms with E-state index in [1.807, 2.05) is 0 Å². The van der Waals surface area contributed by atoms with Crippen LogP contribution in [0.25, 0.3) is 0 Å². The molecule has 6 heteroatoms. The van der Waals surface area contributed by atoms with Crippen LogP contribution in [0.4, 0.5) is 0 Å². The number of hydrogen-bond acceptors (Lipinski definition) is 5. The van der Waals surface area contributed by atoms with Crippen molar-refractivity contribution >= 4 is 23.4 Å². The molecule has 0 saturated heterocycles. The van der Waals surface area contributed by atoms with E-state index in [1.54, 1.807) is 38.1 Å². The first-order valence-electron chi connectivity index (χ1n) is 8.18. The second-order valence-corrected chi connectivity index (χ2v) is 6.23. The van der Waals surface area contributed by atoms with E-state index in [9.17, 15) is 19.2 Å². The van der Waals surface area contributed by atoms with Crippen LogP contribution in [0, 0.1) is 0 Å². The molecule has 0 heterocycles. The molecule has 0 spiro atoms. The number of rotatable bonds is 4. The van der Waals surface area contributed by atoms with Crippen LogP contribution in [-0.4, -0.2) is 36.1 Å². The van der Waals surface area contributed by atoms with Gasteiger partial charge >= 0.3 is 5.97 Å². The molecule has 0 radical (unpaired) electrons. The van der Waals surface area contributed by atoms with Crippen molar-refractivity contribution in [3.8, 4) is 0 Å². The van der Waals surface area contributed by atoms with Crippen molar-refractivity contribution in [3.63, 3.8) is 0 Å². The Bertz CT molecular complexity index is 930. The highest BCUT2D eigenvalue weighted by molar-refractivity contribution is 6.30. The van der Waals surface area contributed by atoms with Gasteiger partial charge in [-0.2, -0.15) is 0 Å². The van der Waals surface area contributed by atoms with Crippen molar-refractivity contribution in [1.29, 1.82) is 0 Å². The Morgan fingerprint density at radius 3 is 2.19 bits per heavy atom. The molecule has 1 aliphatic carbocycles. The Balaban J connectivity index is 1.92. The molecule has 132 valence electrons. The zero-order valence-corrected chi connectivity index (χ0v) is 14.4. The van der Waals surface area contributed by atoms with Crippen LogP contribution < -0.4 is 5.32 Å². The fourth-order valence-corrected chi connectivity index (χ4v) is 2.89. The summed E-state index contributed by atoms with van der Waals surface area (Å²) in [7, 11) is 0. The first-order valence-corrected chi connectivity index (χ1v) is 8.18. The minimum absolute atomic E-state index is 0.0190. The molecule has 0 unspecified atom stereocenters. The van der Waals surface area contributed by atoms with Crippen LogP contribution in [-0.2, 0) is 9.53 Å². The molecule has 6 nitrogen and oxygen atoms in total. The maximum absolute atomic E-state index is 12.8. The van der Waals surface area contributed by atoms with Crippen molar-refractivity contribution in [2.24, 2.45) is 0 Å². The van der Waals surface area contributed by atoms with Gasteiger partial charge in [0.25, 0.3) is 5.91 Å². The fourth-order valence-electron chi connectivity index (χ4n) is 2.89. The van der Waals surface area contributed by atoms with E-state index in [-0.39, 0.29) is 34.1 Å². The van der Waals surface area contributed by atoms with E-state index < -0.39 is 24.3 Å². The summed E-state index contributed by atoms with van der Waals surface area (Å²) in [5, 5.41) is 2.60. The van der Waals surface area contributed by atoms with Gasteiger partial charge in [0.15, 0.2) is 18.2 Å². The van der Waals surface area contributed by atoms with Crippen LogP contribution in [0.3, 0.4) is 0 Å². The lowest BCUT2D eigenvalue weighted by Gasteiger charge is -2.19. The molecule has 0 saturated carbocycles. The van der Waals surface area contributed by atoms with E-state index in [0.717, 1.165) is 0 Å². The molecule has 1 amide bonds. The molecule has 0 fully saturated rings. The molecule has 3 rings (SSSR count). The topological polar surface area (TPSA) is 89.5 Å². The van der Waals surface area contributed by atoms with Gasteiger partial charge in [-0.15, -0.1) is 0 Å². The molecule has 0 aromatic heterocycles. The summed E-state index contributed by atoms with van der Waals surface area (Å²) in [5.41, 5.74) is 0.725. The first-order chi connectivity index (χ1) is 12.4. The van der Waals surface area contributed by atoms with Crippen molar-refractivity contribution in [1.82, 2.24) is 5.32 Å². The molecule has 0 aliphatic heterocycles. The van der Waals surface area contributed by atoms with E-state index >= 15 is 0 Å². The highest BCUT2D eigenvalue weighted by Crippen LogP contribution is 2.29. The van der Waals surface area contributed by atoms with Crippen molar-refractivity contribution in [2.45, 2.75) is 19.9 Å². The lowest BCUT2D eigenvalue weighted by molar-refractivity contribution is -0.124. The van der Waals surface area contributed by atoms with E-state index in [0.29, 0.717) is 5.56 Å². The first kappa shape index (κ1) is 17.5. The van der Waals surface area contributed by atoms with Gasteiger partial charge in [-0.05, 0) is 19.9 Å². The fraction of sp³-hybridized carbons (Fsp3) is 0.200. The number of nitrogens with one attached hydrogen (secondary N) is 1. The molecule has 0 atom stereocenters. The maximum atomic E-state index is 12.8. The average Bonchev–Trinajstić information content (AvgIpc) is 2.63. The quantitative estimate of drug-likeness (QED) is 0.728. The molecule has 2 aromatic carbocycles. The minimum Gasteiger partial charge on any atom is -0.452 e. The van der Waals surface area contributed by atoms with Gasteiger partial charge in [-0.3, -0.25) is 14.4 Å². The normalized spacial score (nSPS) is 12.4.